The van der Waals surface area contributed by atoms with Gasteiger partial charge in [-0.2, -0.15) is 4.98 Å². The van der Waals surface area contributed by atoms with E-state index < -0.39 is 0 Å². The van der Waals surface area contributed by atoms with E-state index in [1.807, 2.05) is 24.3 Å². The molecule has 96 valence electrons. The highest BCUT2D eigenvalue weighted by Crippen LogP contribution is 2.20. The van der Waals surface area contributed by atoms with Crippen LogP contribution in [0, 0.1) is 0 Å². The quantitative estimate of drug-likeness (QED) is 0.798. The number of nitrogens with one attached hydrogen (secondary N) is 1. The molecule has 7 heteroatoms. The van der Waals surface area contributed by atoms with Crippen molar-refractivity contribution in [1.82, 2.24) is 15.1 Å². The molecule has 0 unspecified atom stereocenters. The fourth-order valence-corrected chi connectivity index (χ4v) is 2.17. The van der Waals surface area contributed by atoms with Gasteiger partial charge in [-0.3, -0.25) is 4.98 Å². The van der Waals surface area contributed by atoms with E-state index in [2.05, 4.69) is 20.4 Å². The second-order valence-electron chi connectivity index (χ2n) is 3.74. The number of thiazole rings is 1. The number of anilines is 1. The summed E-state index contributed by atoms with van der Waals surface area (Å²) in [4.78, 5) is 9.16. The minimum atomic E-state index is 0.466. The van der Waals surface area contributed by atoms with E-state index in [9.17, 15) is 0 Å². The number of hydrogen-bond donors (Lipinski definition) is 1. The highest BCUT2D eigenvalue weighted by molar-refractivity contribution is 7.13. The molecule has 0 atom stereocenters. The number of aromatic nitrogens is 3. The minimum Gasteiger partial charge on any atom is -0.376 e. The first-order valence-corrected chi connectivity index (χ1v) is 6.78. The number of halogens is 1. The zero-order valence-corrected chi connectivity index (χ0v) is 11.3. The molecule has 2 heterocycles. The summed E-state index contributed by atoms with van der Waals surface area (Å²) in [6.45, 7) is 0.466. The lowest BCUT2D eigenvalue weighted by Gasteiger charge is -2.02. The van der Waals surface area contributed by atoms with E-state index in [0.29, 0.717) is 23.3 Å². The summed E-state index contributed by atoms with van der Waals surface area (Å²) in [7, 11) is 0. The van der Waals surface area contributed by atoms with Crippen molar-refractivity contribution < 1.29 is 4.52 Å². The zero-order valence-electron chi connectivity index (χ0n) is 9.71. The van der Waals surface area contributed by atoms with Gasteiger partial charge in [0, 0.05) is 16.9 Å². The highest BCUT2D eigenvalue weighted by Gasteiger charge is 2.09. The van der Waals surface area contributed by atoms with Crippen molar-refractivity contribution in [2.45, 2.75) is 6.54 Å². The van der Waals surface area contributed by atoms with Gasteiger partial charge >= 0.3 is 0 Å². The molecule has 5 nitrogen and oxygen atoms in total. The fourth-order valence-electron chi connectivity index (χ4n) is 1.50. The van der Waals surface area contributed by atoms with Gasteiger partial charge in [0.25, 0.3) is 0 Å². The van der Waals surface area contributed by atoms with Crippen LogP contribution < -0.4 is 5.32 Å². The Hall–Kier alpha value is -1.92. The Balaban J connectivity index is 1.66. The average molecular weight is 293 g/mol. The molecule has 0 fully saturated rings. The Bertz CT molecular complexity index is 651. The largest absolute Gasteiger partial charge is 0.376 e. The molecule has 0 spiro atoms. The van der Waals surface area contributed by atoms with E-state index in [4.69, 9.17) is 16.1 Å². The molecule has 1 N–H and O–H groups in total. The molecule has 0 amide bonds. The first kappa shape index (κ1) is 12.1. The Morgan fingerprint density at radius 3 is 2.84 bits per heavy atom. The van der Waals surface area contributed by atoms with Crippen molar-refractivity contribution in [3.05, 3.63) is 46.9 Å². The normalized spacial score (nSPS) is 10.6. The monoisotopic (exact) mass is 292 g/mol. The smallest absolute Gasteiger partial charge is 0.246 e. The van der Waals surface area contributed by atoms with Crippen molar-refractivity contribution in [3.63, 3.8) is 0 Å². The number of nitrogens with zero attached hydrogens (tertiary/aromatic N) is 3. The Morgan fingerprint density at radius 1 is 1.26 bits per heavy atom. The number of hydrogen-bond acceptors (Lipinski definition) is 6. The van der Waals surface area contributed by atoms with Gasteiger partial charge in [-0.25, -0.2) is 0 Å². The van der Waals surface area contributed by atoms with Crippen molar-refractivity contribution in [2.24, 2.45) is 0 Å². The summed E-state index contributed by atoms with van der Waals surface area (Å²) in [6.07, 6.45) is 1.71. The van der Waals surface area contributed by atoms with Gasteiger partial charge in [-0.15, -0.1) is 11.3 Å². The van der Waals surface area contributed by atoms with Gasteiger partial charge < -0.3 is 9.84 Å². The van der Waals surface area contributed by atoms with Crippen LogP contribution in [0.25, 0.3) is 10.7 Å². The van der Waals surface area contributed by atoms with Crippen molar-refractivity contribution in [3.8, 4) is 10.7 Å². The predicted molar refractivity (Wildman–Crippen MR) is 74.2 cm³/mol. The minimum absolute atomic E-state index is 0.466. The number of rotatable bonds is 4. The molecule has 0 aliphatic carbocycles. The Labute approximate surface area is 118 Å². The Kier molecular flexibility index (Phi) is 3.43. The van der Waals surface area contributed by atoms with Crippen LogP contribution in [0.4, 0.5) is 5.69 Å². The van der Waals surface area contributed by atoms with Crippen LogP contribution in [0.3, 0.4) is 0 Å². The predicted octanol–water partition coefficient (Wildman–Crippen LogP) is 3.46. The van der Waals surface area contributed by atoms with Crippen LogP contribution in [0.15, 0.2) is 40.5 Å². The summed E-state index contributed by atoms with van der Waals surface area (Å²) in [6, 6.07) is 7.42. The molecule has 0 radical (unpaired) electrons. The molecule has 3 rings (SSSR count). The van der Waals surface area contributed by atoms with Crippen LogP contribution in [-0.4, -0.2) is 15.1 Å². The molecular weight excluding hydrogens is 284 g/mol. The number of benzene rings is 1. The molecule has 3 aromatic rings. The van der Waals surface area contributed by atoms with Gasteiger partial charge in [0.05, 0.1) is 16.9 Å². The van der Waals surface area contributed by atoms with Crippen molar-refractivity contribution in [2.75, 3.05) is 5.32 Å². The molecule has 0 saturated carbocycles. The zero-order chi connectivity index (χ0) is 13.1. The van der Waals surface area contributed by atoms with Crippen LogP contribution in [0.5, 0.6) is 0 Å². The van der Waals surface area contributed by atoms with E-state index in [1.54, 1.807) is 11.7 Å². The van der Waals surface area contributed by atoms with Crippen LogP contribution in [-0.2, 0) is 6.54 Å². The third kappa shape index (κ3) is 2.91. The molecule has 0 aliphatic heterocycles. The molecule has 1 aromatic carbocycles. The van der Waals surface area contributed by atoms with E-state index >= 15 is 0 Å². The molecule has 0 aliphatic rings. The van der Waals surface area contributed by atoms with Gasteiger partial charge in [-0.05, 0) is 24.3 Å². The highest BCUT2D eigenvalue weighted by atomic mass is 35.5. The summed E-state index contributed by atoms with van der Waals surface area (Å²) in [5.74, 6) is 1.09. The lowest BCUT2D eigenvalue weighted by Crippen LogP contribution is -1.99. The standard InChI is InChI=1S/C12H9ClN4OS/c13-8-1-3-9(4-2-8)15-6-11-16-12(17-18-11)10-5-14-7-19-10/h1-5,7,15H,6H2. The fraction of sp³-hybridized carbons (Fsp3) is 0.0833. The van der Waals surface area contributed by atoms with Gasteiger partial charge in [-0.1, -0.05) is 16.8 Å². The van der Waals surface area contributed by atoms with Crippen molar-refractivity contribution >= 4 is 28.6 Å². The van der Waals surface area contributed by atoms with E-state index in [1.165, 1.54) is 11.3 Å². The third-order valence-electron chi connectivity index (χ3n) is 2.41. The average Bonchev–Trinajstić information content (AvgIpc) is 3.09. The van der Waals surface area contributed by atoms with Crippen LogP contribution in [0.2, 0.25) is 5.02 Å². The summed E-state index contributed by atoms with van der Waals surface area (Å²) < 4.78 is 5.16. The SMILES string of the molecule is Clc1ccc(NCc2nc(-c3cncs3)no2)cc1. The second kappa shape index (κ2) is 5.38. The molecule has 2 aromatic heterocycles. The topological polar surface area (TPSA) is 63.8 Å². The lowest BCUT2D eigenvalue weighted by atomic mass is 10.3. The van der Waals surface area contributed by atoms with E-state index in [-0.39, 0.29) is 0 Å². The third-order valence-corrected chi connectivity index (χ3v) is 3.43. The van der Waals surface area contributed by atoms with Gasteiger partial charge in [0.1, 0.15) is 0 Å². The molecule has 0 bridgehead atoms. The summed E-state index contributed by atoms with van der Waals surface area (Å²) in [5, 5.41) is 7.79. The first-order valence-electron chi connectivity index (χ1n) is 5.52. The maximum Gasteiger partial charge on any atom is 0.246 e. The Morgan fingerprint density at radius 2 is 2.11 bits per heavy atom. The lowest BCUT2D eigenvalue weighted by molar-refractivity contribution is 0.384. The van der Waals surface area contributed by atoms with Crippen LogP contribution >= 0.6 is 22.9 Å². The maximum atomic E-state index is 5.82. The maximum absolute atomic E-state index is 5.82. The molecule has 19 heavy (non-hydrogen) atoms. The van der Waals surface area contributed by atoms with Gasteiger partial charge in [0.2, 0.25) is 11.7 Å². The molecule has 0 saturated heterocycles. The molecular formula is C12H9ClN4OS. The summed E-state index contributed by atoms with van der Waals surface area (Å²) in [5.41, 5.74) is 2.68. The van der Waals surface area contributed by atoms with E-state index in [0.717, 1.165) is 10.6 Å². The van der Waals surface area contributed by atoms with Gasteiger partial charge in [0.15, 0.2) is 0 Å². The second-order valence-corrected chi connectivity index (χ2v) is 5.06. The first-order chi connectivity index (χ1) is 9.31. The summed E-state index contributed by atoms with van der Waals surface area (Å²) >= 11 is 7.29. The van der Waals surface area contributed by atoms with Crippen LogP contribution in [0.1, 0.15) is 5.89 Å². The van der Waals surface area contributed by atoms with Crippen molar-refractivity contribution in [1.29, 1.82) is 0 Å².